The van der Waals surface area contributed by atoms with E-state index in [2.05, 4.69) is 4.72 Å². The predicted molar refractivity (Wildman–Crippen MR) is 88.7 cm³/mol. The minimum atomic E-state index is -3.52. The van der Waals surface area contributed by atoms with Crippen LogP contribution >= 0.6 is 0 Å². The van der Waals surface area contributed by atoms with Crippen LogP contribution in [0.4, 0.5) is 0 Å². The van der Waals surface area contributed by atoms with Crippen LogP contribution in [0.3, 0.4) is 0 Å². The van der Waals surface area contributed by atoms with E-state index < -0.39 is 15.6 Å². The van der Waals surface area contributed by atoms with Crippen molar-refractivity contribution in [1.82, 2.24) is 9.62 Å². The monoisotopic (exact) mass is 340 g/mol. The Bertz CT molecular complexity index is 636. The Morgan fingerprint density at radius 2 is 1.78 bits per heavy atom. The summed E-state index contributed by atoms with van der Waals surface area (Å²) in [5.74, 6) is 0.105. The average Bonchev–Trinajstić information content (AvgIpc) is 2.47. The Hall–Kier alpha value is -1.44. The standard InChI is InChI=1S/C16H25N3O3S/c1-14(20)19-11-9-18(10-12-19)13-16(2,3)17-23(21,22)15-7-5-4-6-8-15/h4-8,17H,9-13H2,1-3H3/p+1. The lowest BCUT2D eigenvalue weighted by Crippen LogP contribution is -3.16. The van der Waals surface area contributed by atoms with E-state index in [0.717, 1.165) is 26.2 Å². The van der Waals surface area contributed by atoms with Crippen molar-refractivity contribution in [3.05, 3.63) is 30.3 Å². The van der Waals surface area contributed by atoms with Gasteiger partial charge in [0.25, 0.3) is 0 Å². The number of carbonyl (C=O) groups excluding carboxylic acids is 1. The van der Waals surface area contributed by atoms with Gasteiger partial charge >= 0.3 is 0 Å². The first kappa shape index (κ1) is 17.9. The lowest BCUT2D eigenvalue weighted by atomic mass is 10.1. The van der Waals surface area contributed by atoms with Crippen LogP contribution in [0.25, 0.3) is 0 Å². The number of carbonyl (C=O) groups is 1. The molecule has 128 valence electrons. The van der Waals surface area contributed by atoms with E-state index in [1.165, 1.54) is 4.90 Å². The summed E-state index contributed by atoms with van der Waals surface area (Å²) in [6.45, 7) is 9.22. The molecule has 1 aromatic carbocycles. The highest BCUT2D eigenvalue weighted by molar-refractivity contribution is 7.89. The number of piperazine rings is 1. The van der Waals surface area contributed by atoms with Crippen molar-refractivity contribution >= 4 is 15.9 Å². The van der Waals surface area contributed by atoms with E-state index in [9.17, 15) is 13.2 Å². The lowest BCUT2D eigenvalue weighted by Gasteiger charge is -2.36. The first-order valence-electron chi connectivity index (χ1n) is 7.88. The fourth-order valence-corrected chi connectivity index (χ4v) is 4.43. The van der Waals surface area contributed by atoms with Gasteiger partial charge in [0.05, 0.1) is 43.2 Å². The van der Waals surface area contributed by atoms with Gasteiger partial charge in [-0.25, -0.2) is 8.42 Å². The summed E-state index contributed by atoms with van der Waals surface area (Å²) in [5, 5.41) is 0. The summed E-state index contributed by atoms with van der Waals surface area (Å²) in [4.78, 5) is 14.8. The Morgan fingerprint density at radius 3 is 2.30 bits per heavy atom. The molecule has 1 heterocycles. The van der Waals surface area contributed by atoms with Gasteiger partial charge in [-0.1, -0.05) is 18.2 Å². The van der Waals surface area contributed by atoms with Crippen LogP contribution in [0.15, 0.2) is 35.2 Å². The van der Waals surface area contributed by atoms with E-state index >= 15 is 0 Å². The highest BCUT2D eigenvalue weighted by Crippen LogP contribution is 2.11. The van der Waals surface area contributed by atoms with Crippen molar-refractivity contribution in [2.75, 3.05) is 32.7 Å². The molecular formula is C16H26N3O3S+. The smallest absolute Gasteiger partial charge is 0.241 e. The molecule has 1 aliphatic heterocycles. The number of nitrogens with zero attached hydrogens (tertiary/aromatic N) is 1. The van der Waals surface area contributed by atoms with Gasteiger partial charge in [-0.2, -0.15) is 4.72 Å². The summed E-state index contributed by atoms with van der Waals surface area (Å²) in [7, 11) is -3.52. The van der Waals surface area contributed by atoms with Crippen molar-refractivity contribution in [3.63, 3.8) is 0 Å². The topological polar surface area (TPSA) is 70.9 Å². The Kier molecular flexibility index (Phi) is 5.44. The summed E-state index contributed by atoms with van der Waals surface area (Å²) in [5.41, 5.74) is -0.553. The van der Waals surface area contributed by atoms with Crippen molar-refractivity contribution in [2.24, 2.45) is 0 Å². The maximum atomic E-state index is 12.5. The molecule has 2 N–H and O–H groups in total. The third-order valence-electron chi connectivity index (χ3n) is 4.07. The third-order valence-corrected chi connectivity index (χ3v) is 5.79. The molecule has 0 saturated carbocycles. The van der Waals surface area contributed by atoms with Crippen LogP contribution in [0.5, 0.6) is 0 Å². The van der Waals surface area contributed by atoms with Crippen LogP contribution < -0.4 is 9.62 Å². The van der Waals surface area contributed by atoms with E-state index in [-0.39, 0.29) is 10.8 Å². The number of hydrogen-bond donors (Lipinski definition) is 2. The summed E-state index contributed by atoms with van der Waals surface area (Å²) < 4.78 is 27.7. The van der Waals surface area contributed by atoms with Crippen molar-refractivity contribution in [3.8, 4) is 0 Å². The molecule has 6 nitrogen and oxygen atoms in total. The predicted octanol–water partition coefficient (Wildman–Crippen LogP) is -0.509. The number of sulfonamides is 1. The van der Waals surface area contributed by atoms with E-state index in [1.807, 2.05) is 18.7 Å². The maximum Gasteiger partial charge on any atom is 0.241 e. The van der Waals surface area contributed by atoms with Crippen molar-refractivity contribution in [2.45, 2.75) is 31.2 Å². The number of hydrogen-bond acceptors (Lipinski definition) is 3. The van der Waals surface area contributed by atoms with E-state index in [4.69, 9.17) is 0 Å². The molecular weight excluding hydrogens is 314 g/mol. The van der Waals surface area contributed by atoms with Crippen LogP contribution in [0, 0.1) is 0 Å². The molecule has 0 bridgehead atoms. The molecule has 1 aromatic rings. The second-order valence-electron chi connectivity index (χ2n) is 6.74. The molecule has 0 unspecified atom stereocenters. The summed E-state index contributed by atoms with van der Waals surface area (Å²) in [6.07, 6.45) is 0. The fourth-order valence-electron chi connectivity index (χ4n) is 3.00. The Morgan fingerprint density at radius 1 is 1.22 bits per heavy atom. The van der Waals surface area contributed by atoms with Crippen LogP contribution in [-0.4, -0.2) is 57.5 Å². The number of amides is 1. The van der Waals surface area contributed by atoms with Crippen molar-refractivity contribution in [1.29, 1.82) is 0 Å². The second kappa shape index (κ2) is 6.98. The third kappa shape index (κ3) is 5.02. The Balaban J connectivity index is 1.96. The van der Waals surface area contributed by atoms with Gasteiger partial charge in [-0.05, 0) is 26.0 Å². The quantitative estimate of drug-likeness (QED) is 0.758. The molecule has 2 rings (SSSR count). The SMILES string of the molecule is CC(=O)N1CC[NH+](CC(C)(C)NS(=O)(=O)c2ccccc2)CC1. The van der Waals surface area contributed by atoms with Gasteiger partial charge in [0.2, 0.25) is 15.9 Å². The van der Waals surface area contributed by atoms with Gasteiger partial charge in [0, 0.05) is 6.92 Å². The van der Waals surface area contributed by atoms with Gasteiger partial charge in [-0.15, -0.1) is 0 Å². The number of rotatable bonds is 5. The molecule has 0 aliphatic carbocycles. The van der Waals surface area contributed by atoms with E-state index in [1.54, 1.807) is 37.3 Å². The molecule has 1 aliphatic rings. The highest BCUT2D eigenvalue weighted by Gasteiger charge is 2.32. The summed E-state index contributed by atoms with van der Waals surface area (Å²) in [6, 6.07) is 8.41. The number of nitrogens with one attached hydrogen (secondary N) is 2. The molecule has 1 saturated heterocycles. The highest BCUT2D eigenvalue weighted by atomic mass is 32.2. The van der Waals surface area contributed by atoms with Gasteiger partial charge in [-0.3, -0.25) is 4.79 Å². The Labute approximate surface area is 138 Å². The average molecular weight is 340 g/mol. The first-order chi connectivity index (χ1) is 10.7. The molecule has 0 atom stereocenters. The second-order valence-corrected chi connectivity index (χ2v) is 8.42. The van der Waals surface area contributed by atoms with Crippen LogP contribution in [0.2, 0.25) is 0 Å². The minimum absolute atomic E-state index is 0.105. The van der Waals surface area contributed by atoms with Gasteiger partial charge in [0.15, 0.2) is 0 Å². The fraction of sp³-hybridized carbons (Fsp3) is 0.562. The van der Waals surface area contributed by atoms with E-state index in [0.29, 0.717) is 6.54 Å². The number of quaternary nitrogens is 1. The lowest BCUT2D eigenvalue weighted by molar-refractivity contribution is -0.907. The van der Waals surface area contributed by atoms with Crippen LogP contribution in [0.1, 0.15) is 20.8 Å². The number of benzene rings is 1. The van der Waals surface area contributed by atoms with Gasteiger partial charge in [0.1, 0.15) is 0 Å². The van der Waals surface area contributed by atoms with Gasteiger partial charge < -0.3 is 9.80 Å². The molecule has 23 heavy (non-hydrogen) atoms. The minimum Gasteiger partial charge on any atom is -0.332 e. The molecule has 7 heteroatoms. The first-order valence-corrected chi connectivity index (χ1v) is 9.36. The zero-order valence-corrected chi connectivity index (χ0v) is 14.8. The maximum absolute atomic E-state index is 12.5. The summed E-state index contributed by atoms with van der Waals surface area (Å²) >= 11 is 0. The van der Waals surface area contributed by atoms with Crippen LogP contribution in [-0.2, 0) is 14.8 Å². The molecule has 1 amide bonds. The zero-order chi connectivity index (χ0) is 17.1. The molecule has 0 aromatic heterocycles. The largest absolute Gasteiger partial charge is 0.332 e. The van der Waals surface area contributed by atoms with Crippen molar-refractivity contribution < 1.29 is 18.1 Å². The molecule has 0 radical (unpaired) electrons. The normalized spacial score (nSPS) is 17.3. The molecule has 0 spiro atoms. The molecule has 1 fully saturated rings. The zero-order valence-electron chi connectivity index (χ0n) is 14.0.